The van der Waals surface area contributed by atoms with Crippen LogP contribution in [0.15, 0.2) is 24.3 Å². The van der Waals surface area contributed by atoms with E-state index in [0.29, 0.717) is 17.7 Å². The van der Waals surface area contributed by atoms with Crippen LogP contribution in [0.3, 0.4) is 0 Å². The number of rotatable bonds is 5. The molecule has 1 unspecified atom stereocenters. The van der Waals surface area contributed by atoms with Gasteiger partial charge < -0.3 is 10.4 Å². The number of benzene rings is 1. The van der Waals surface area contributed by atoms with Crippen molar-refractivity contribution in [3.8, 4) is 5.75 Å². The van der Waals surface area contributed by atoms with Crippen molar-refractivity contribution in [3.05, 3.63) is 29.8 Å². The van der Waals surface area contributed by atoms with E-state index in [0.717, 1.165) is 11.0 Å². The van der Waals surface area contributed by atoms with Crippen LogP contribution in [-0.2, 0) is 6.54 Å². The SMILES string of the molecule is CC(C)C(CI)NCc1ccc(O)cc1. The highest BCUT2D eigenvalue weighted by molar-refractivity contribution is 14.1. The maximum atomic E-state index is 9.15. The van der Waals surface area contributed by atoms with Crippen molar-refractivity contribution in [3.63, 3.8) is 0 Å². The molecule has 0 aliphatic rings. The van der Waals surface area contributed by atoms with E-state index < -0.39 is 0 Å². The second-order valence-electron chi connectivity index (χ2n) is 4.05. The van der Waals surface area contributed by atoms with Gasteiger partial charge in [0, 0.05) is 17.0 Å². The number of hydrogen-bond donors (Lipinski definition) is 2. The van der Waals surface area contributed by atoms with Crippen molar-refractivity contribution in [2.75, 3.05) is 4.43 Å². The van der Waals surface area contributed by atoms with Crippen molar-refractivity contribution >= 4 is 22.6 Å². The number of hydrogen-bond acceptors (Lipinski definition) is 2. The van der Waals surface area contributed by atoms with Crippen molar-refractivity contribution in [2.45, 2.75) is 26.4 Å². The van der Waals surface area contributed by atoms with Gasteiger partial charge in [-0.3, -0.25) is 0 Å². The Hall–Kier alpha value is -0.290. The molecule has 3 heteroatoms. The lowest BCUT2D eigenvalue weighted by atomic mass is 10.1. The zero-order valence-corrected chi connectivity index (χ0v) is 11.4. The molecule has 0 spiro atoms. The molecule has 0 radical (unpaired) electrons. The van der Waals surface area contributed by atoms with E-state index in [1.54, 1.807) is 12.1 Å². The van der Waals surface area contributed by atoms with E-state index in [4.69, 9.17) is 5.11 Å². The third-order valence-electron chi connectivity index (χ3n) is 2.48. The van der Waals surface area contributed by atoms with Gasteiger partial charge in [-0.1, -0.05) is 48.6 Å². The van der Waals surface area contributed by atoms with Gasteiger partial charge in [0.2, 0.25) is 0 Å². The number of nitrogens with one attached hydrogen (secondary N) is 1. The lowest BCUT2D eigenvalue weighted by Crippen LogP contribution is -2.34. The zero-order valence-electron chi connectivity index (χ0n) is 9.20. The largest absolute Gasteiger partial charge is 0.508 e. The lowest BCUT2D eigenvalue weighted by Gasteiger charge is -2.19. The summed E-state index contributed by atoms with van der Waals surface area (Å²) < 4.78 is 1.12. The first-order valence-electron chi connectivity index (χ1n) is 5.20. The van der Waals surface area contributed by atoms with Crippen LogP contribution in [0.5, 0.6) is 5.75 Å². The molecule has 15 heavy (non-hydrogen) atoms. The first-order chi connectivity index (χ1) is 7.13. The van der Waals surface area contributed by atoms with Gasteiger partial charge >= 0.3 is 0 Å². The molecule has 2 nitrogen and oxygen atoms in total. The number of phenolic OH excluding ortho intramolecular Hbond substituents is 1. The molecule has 0 aliphatic heterocycles. The number of phenols is 1. The van der Waals surface area contributed by atoms with E-state index in [-0.39, 0.29) is 0 Å². The van der Waals surface area contributed by atoms with Gasteiger partial charge in [-0.15, -0.1) is 0 Å². The maximum absolute atomic E-state index is 9.15. The standard InChI is InChI=1S/C12H18INO/c1-9(2)12(7-13)14-8-10-3-5-11(15)6-4-10/h3-6,9,12,14-15H,7-8H2,1-2H3. The van der Waals surface area contributed by atoms with Crippen LogP contribution in [0.1, 0.15) is 19.4 Å². The summed E-state index contributed by atoms with van der Waals surface area (Å²) in [5.74, 6) is 0.979. The van der Waals surface area contributed by atoms with Crippen LogP contribution in [0.2, 0.25) is 0 Å². The lowest BCUT2D eigenvalue weighted by molar-refractivity contribution is 0.436. The molecular weight excluding hydrogens is 301 g/mol. The van der Waals surface area contributed by atoms with Crippen LogP contribution >= 0.6 is 22.6 Å². The highest BCUT2D eigenvalue weighted by Crippen LogP contribution is 2.11. The summed E-state index contributed by atoms with van der Waals surface area (Å²) in [5, 5.41) is 12.7. The minimum atomic E-state index is 0.327. The molecule has 1 aromatic rings. The third-order valence-corrected chi connectivity index (χ3v) is 3.42. The molecule has 0 amide bonds. The predicted molar refractivity (Wildman–Crippen MR) is 72.5 cm³/mol. The molecular formula is C12H18INO. The fraction of sp³-hybridized carbons (Fsp3) is 0.500. The van der Waals surface area contributed by atoms with E-state index in [9.17, 15) is 0 Å². The Morgan fingerprint density at radius 1 is 1.27 bits per heavy atom. The second kappa shape index (κ2) is 6.33. The molecule has 2 N–H and O–H groups in total. The smallest absolute Gasteiger partial charge is 0.115 e. The molecule has 1 atom stereocenters. The number of alkyl halides is 1. The highest BCUT2D eigenvalue weighted by Gasteiger charge is 2.10. The molecule has 1 aromatic carbocycles. The van der Waals surface area contributed by atoms with Crippen LogP contribution in [0.25, 0.3) is 0 Å². The van der Waals surface area contributed by atoms with Crippen molar-refractivity contribution in [1.82, 2.24) is 5.32 Å². The Labute approximate surface area is 105 Å². The van der Waals surface area contributed by atoms with Crippen molar-refractivity contribution in [1.29, 1.82) is 0 Å². The summed E-state index contributed by atoms with van der Waals surface area (Å²) >= 11 is 2.41. The van der Waals surface area contributed by atoms with Crippen LogP contribution in [-0.4, -0.2) is 15.6 Å². The maximum Gasteiger partial charge on any atom is 0.115 e. The summed E-state index contributed by atoms with van der Waals surface area (Å²) in [6.07, 6.45) is 0. The van der Waals surface area contributed by atoms with Gasteiger partial charge in [-0.05, 0) is 23.6 Å². The summed E-state index contributed by atoms with van der Waals surface area (Å²) in [6, 6.07) is 7.91. The van der Waals surface area contributed by atoms with E-state index >= 15 is 0 Å². The van der Waals surface area contributed by atoms with E-state index in [1.807, 2.05) is 12.1 Å². The molecule has 0 aliphatic carbocycles. The first-order valence-corrected chi connectivity index (χ1v) is 6.73. The molecule has 84 valence electrons. The Balaban J connectivity index is 2.45. The molecule has 0 saturated heterocycles. The Morgan fingerprint density at radius 3 is 2.33 bits per heavy atom. The van der Waals surface area contributed by atoms with Gasteiger partial charge in [-0.2, -0.15) is 0 Å². The fourth-order valence-corrected chi connectivity index (χ4v) is 2.66. The van der Waals surface area contributed by atoms with Crippen molar-refractivity contribution in [2.24, 2.45) is 5.92 Å². The van der Waals surface area contributed by atoms with Crippen molar-refractivity contribution < 1.29 is 5.11 Å². The van der Waals surface area contributed by atoms with Gasteiger partial charge in [0.05, 0.1) is 0 Å². The van der Waals surface area contributed by atoms with E-state index in [2.05, 4.69) is 41.8 Å². The molecule has 1 rings (SSSR count). The van der Waals surface area contributed by atoms with Crippen LogP contribution in [0.4, 0.5) is 0 Å². The molecule has 0 bridgehead atoms. The second-order valence-corrected chi connectivity index (χ2v) is 4.93. The normalized spacial score (nSPS) is 13.1. The van der Waals surface area contributed by atoms with Crippen LogP contribution in [0, 0.1) is 5.92 Å². The summed E-state index contributed by atoms with van der Waals surface area (Å²) in [5.41, 5.74) is 1.21. The third kappa shape index (κ3) is 4.38. The minimum absolute atomic E-state index is 0.327. The zero-order chi connectivity index (χ0) is 11.3. The Morgan fingerprint density at radius 2 is 1.87 bits per heavy atom. The Kier molecular flexibility index (Phi) is 5.39. The van der Waals surface area contributed by atoms with E-state index in [1.165, 1.54) is 5.56 Å². The quantitative estimate of drug-likeness (QED) is 0.646. The molecule has 0 heterocycles. The van der Waals surface area contributed by atoms with Gasteiger partial charge in [-0.25, -0.2) is 0 Å². The average Bonchev–Trinajstić information content (AvgIpc) is 2.21. The first kappa shape index (κ1) is 12.8. The fourth-order valence-electron chi connectivity index (χ4n) is 1.33. The predicted octanol–water partition coefficient (Wildman–Crippen LogP) is 2.94. The average molecular weight is 319 g/mol. The Bertz CT molecular complexity index is 284. The van der Waals surface area contributed by atoms with Gasteiger partial charge in [0.25, 0.3) is 0 Å². The molecule has 0 saturated carbocycles. The summed E-state index contributed by atoms with van der Waals surface area (Å²) in [7, 11) is 0. The number of aromatic hydroxyl groups is 1. The number of halogens is 1. The van der Waals surface area contributed by atoms with Crippen LogP contribution < -0.4 is 5.32 Å². The highest BCUT2D eigenvalue weighted by atomic mass is 127. The molecule has 0 fully saturated rings. The van der Waals surface area contributed by atoms with Gasteiger partial charge in [0.1, 0.15) is 5.75 Å². The summed E-state index contributed by atoms with van der Waals surface area (Å²) in [4.78, 5) is 0. The monoisotopic (exact) mass is 319 g/mol. The molecule has 0 aromatic heterocycles. The summed E-state index contributed by atoms with van der Waals surface area (Å²) in [6.45, 7) is 5.33. The van der Waals surface area contributed by atoms with Gasteiger partial charge in [0.15, 0.2) is 0 Å². The topological polar surface area (TPSA) is 32.3 Å². The minimum Gasteiger partial charge on any atom is -0.508 e.